The van der Waals surface area contributed by atoms with E-state index in [2.05, 4.69) is 30.4 Å². The van der Waals surface area contributed by atoms with Crippen LogP contribution >= 0.6 is 0 Å². The third-order valence-electron chi connectivity index (χ3n) is 4.59. The molecule has 2 fully saturated rings. The van der Waals surface area contributed by atoms with Gasteiger partial charge in [0.25, 0.3) is 0 Å². The Morgan fingerprint density at radius 2 is 1.50 bits per heavy atom. The van der Waals surface area contributed by atoms with Crippen molar-refractivity contribution in [1.82, 2.24) is 9.80 Å². The minimum atomic E-state index is 0.281. The Balaban J connectivity index is 1.82. The van der Waals surface area contributed by atoms with Crippen LogP contribution < -0.4 is 0 Å². The van der Waals surface area contributed by atoms with E-state index >= 15 is 0 Å². The standard InChI is InChI=1S/C15H26N2O/c1-12(2)13-4-6-14(7-5-13)15(18)17-10-8-16(3)9-11-17/h13-14H,1,4-11H2,2-3H3/t13-,14+. The van der Waals surface area contributed by atoms with E-state index in [-0.39, 0.29) is 5.92 Å². The zero-order chi connectivity index (χ0) is 13.1. The average molecular weight is 250 g/mol. The number of rotatable bonds is 2. The van der Waals surface area contributed by atoms with Gasteiger partial charge in [-0.25, -0.2) is 0 Å². The first-order valence-electron chi connectivity index (χ1n) is 7.20. The highest BCUT2D eigenvalue weighted by Gasteiger charge is 2.30. The van der Waals surface area contributed by atoms with Crippen LogP contribution in [0.15, 0.2) is 12.2 Å². The lowest BCUT2D eigenvalue weighted by Gasteiger charge is -2.36. The largest absolute Gasteiger partial charge is 0.340 e. The van der Waals surface area contributed by atoms with Gasteiger partial charge in [-0.15, -0.1) is 0 Å². The molecule has 1 heterocycles. The van der Waals surface area contributed by atoms with Crippen molar-refractivity contribution in [3.63, 3.8) is 0 Å². The van der Waals surface area contributed by atoms with Crippen molar-refractivity contribution in [1.29, 1.82) is 0 Å². The van der Waals surface area contributed by atoms with Crippen molar-refractivity contribution < 1.29 is 4.79 Å². The zero-order valence-electron chi connectivity index (χ0n) is 11.8. The van der Waals surface area contributed by atoms with Crippen molar-refractivity contribution in [3.05, 3.63) is 12.2 Å². The topological polar surface area (TPSA) is 23.6 Å². The van der Waals surface area contributed by atoms with E-state index in [9.17, 15) is 4.79 Å². The fourth-order valence-corrected chi connectivity index (χ4v) is 3.12. The maximum Gasteiger partial charge on any atom is 0.225 e. The molecule has 2 aliphatic rings. The lowest BCUT2D eigenvalue weighted by molar-refractivity contribution is -0.138. The summed E-state index contributed by atoms with van der Waals surface area (Å²) >= 11 is 0. The molecule has 3 nitrogen and oxygen atoms in total. The molecule has 0 N–H and O–H groups in total. The van der Waals surface area contributed by atoms with Crippen LogP contribution in [0.25, 0.3) is 0 Å². The summed E-state index contributed by atoms with van der Waals surface area (Å²) in [6.45, 7) is 10.0. The number of piperazine rings is 1. The van der Waals surface area contributed by atoms with Gasteiger partial charge in [0, 0.05) is 32.1 Å². The minimum absolute atomic E-state index is 0.281. The molecule has 1 saturated heterocycles. The van der Waals surface area contributed by atoms with Crippen LogP contribution in [0.4, 0.5) is 0 Å². The predicted octanol–water partition coefficient (Wildman–Crippen LogP) is 2.14. The molecule has 0 bridgehead atoms. The third kappa shape index (κ3) is 3.14. The fraction of sp³-hybridized carbons (Fsp3) is 0.800. The molecule has 0 aromatic heterocycles. The Morgan fingerprint density at radius 1 is 1.00 bits per heavy atom. The van der Waals surface area contributed by atoms with Crippen LogP contribution in [-0.4, -0.2) is 48.9 Å². The van der Waals surface area contributed by atoms with Crippen molar-refractivity contribution in [2.45, 2.75) is 32.6 Å². The smallest absolute Gasteiger partial charge is 0.225 e. The van der Waals surface area contributed by atoms with Crippen LogP contribution in [0.2, 0.25) is 0 Å². The average Bonchev–Trinajstić information content (AvgIpc) is 2.39. The van der Waals surface area contributed by atoms with Gasteiger partial charge in [-0.05, 0) is 45.6 Å². The van der Waals surface area contributed by atoms with E-state index < -0.39 is 0 Å². The molecule has 0 aromatic carbocycles. The van der Waals surface area contributed by atoms with Crippen molar-refractivity contribution in [2.75, 3.05) is 33.2 Å². The van der Waals surface area contributed by atoms with Crippen molar-refractivity contribution in [3.8, 4) is 0 Å². The highest BCUT2D eigenvalue weighted by atomic mass is 16.2. The summed E-state index contributed by atoms with van der Waals surface area (Å²) in [5, 5.41) is 0. The quantitative estimate of drug-likeness (QED) is 0.701. The van der Waals surface area contributed by atoms with Gasteiger partial charge in [-0.2, -0.15) is 0 Å². The summed E-state index contributed by atoms with van der Waals surface area (Å²) in [4.78, 5) is 16.8. The molecule has 1 saturated carbocycles. The number of allylic oxidation sites excluding steroid dienone is 1. The lowest BCUT2D eigenvalue weighted by atomic mass is 9.78. The van der Waals surface area contributed by atoms with E-state index in [0.717, 1.165) is 51.9 Å². The second-order valence-corrected chi connectivity index (χ2v) is 6.02. The summed E-state index contributed by atoms with van der Waals surface area (Å²) in [5.41, 5.74) is 1.29. The predicted molar refractivity (Wildman–Crippen MR) is 74.3 cm³/mol. The molecule has 18 heavy (non-hydrogen) atoms. The molecule has 0 atom stereocenters. The van der Waals surface area contributed by atoms with Crippen molar-refractivity contribution in [2.24, 2.45) is 11.8 Å². The molecular formula is C15H26N2O. The number of carbonyl (C=O) groups excluding carboxylic acids is 1. The van der Waals surface area contributed by atoms with Gasteiger partial charge >= 0.3 is 0 Å². The minimum Gasteiger partial charge on any atom is -0.340 e. The third-order valence-corrected chi connectivity index (χ3v) is 4.59. The first-order valence-corrected chi connectivity index (χ1v) is 7.20. The molecule has 1 aliphatic carbocycles. The Hall–Kier alpha value is -0.830. The van der Waals surface area contributed by atoms with Gasteiger partial charge in [0.05, 0.1) is 0 Å². The summed E-state index contributed by atoms with van der Waals surface area (Å²) in [7, 11) is 2.12. The molecule has 0 spiro atoms. The number of nitrogens with zero attached hydrogens (tertiary/aromatic N) is 2. The van der Waals surface area contributed by atoms with Gasteiger partial charge in [0.15, 0.2) is 0 Å². The number of hydrogen-bond donors (Lipinski definition) is 0. The van der Waals surface area contributed by atoms with Crippen LogP contribution in [0.5, 0.6) is 0 Å². The van der Waals surface area contributed by atoms with Gasteiger partial charge in [0.2, 0.25) is 5.91 Å². The number of amides is 1. The van der Waals surface area contributed by atoms with Gasteiger partial charge in [-0.3, -0.25) is 4.79 Å². The van der Waals surface area contributed by atoms with Crippen LogP contribution in [0.3, 0.4) is 0 Å². The lowest BCUT2D eigenvalue weighted by Crippen LogP contribution is -2.49. The molecule has 1 amide bonds. The Labute approximate surface area is 111 Å². The van der Waals surface area contributed by atoms with Crippen LogP contribution in [0, 0.1) is 11.8 Å². The second kappa shape index (κ2) is 5.87. The number of carbonyl (C=O) groups is 1. The van der Waals surface area contributed by atoms with Gasteiger partial charge in [0.1, 0.15) is 0 Å². The summed E-state index contributed by atoms with van der Waals surface area (Å²) in [6.07, 6.45) is 4.42. The molecule has 102 valence electrons. The van der Waals surface area contributed by atoms with E-state index in [1.807, 2.05) is 0 Å². The molecule has 2 rings (SSSR count). The first-order chi connectivity index (χ1) is 8.58. The first kappa shape index (κ1) is 13.6. The van der Waals surface area contributed by atoms with Crippen LogP contribution in [0.1, 0.15) is 32.6 Å². The van der Waals surface area contributed by atoms with E-state index in [1.165, 1.54) is 5.57 Å². The molecule has 1 aliphatic heterocycles. The normalized spacial score (nSPS) is 30.2. The number of likely N-dealkylation sites (N-methyl/N-ethyl adjacent to an activating group) is 1. The van der Waals surface area contributed by atoms with Gasteiger partial charge in [-0.1, -0.05) is 12.2 Å². The van der Waals surface area contributed by atoms with Crippen LogP contribution in [-0.2, 0) is 4.79 Å². The van der Waals surface area contributed by atoms with E-state index in [4.69, 9.17) is 0 Å². The highest BCUT2D eigenvalue weighted by molar-refractivity contribution is 5.79. The van der Waals surface area contributed by atoms with Gasteiger partial charge < -0.3 is 9.80 Å². The molecule has 0 unspecified atom stereocenters. The second-order valence-electron chi connectivity index (χ2n) is 6.02. The maximum absolute atomic E-state index is 12.4. The highest BCUT2D eigenvalue weighted by Crippen LogP contribution is 2.33. The maximum atomic E-state index is 12.4. The monoisotopic (exact) mass is 250 g/mol. The number of hydrogen-bond acceptors (Lipinski definition) is 2. The molecule has 0 aromatic rings. The Morgan fingerprint density at radius 3 is 2.00 bits per heavy atom. The van der Waals surface area contributed by atoms with E-state index in [0.29, 0.717) is 11.8 Å². The van der Waals surface area contributed by atoms with Crippen molar-refractivity contribution >= 4 is 5.91 Å². The summed E-state index contributed by atoms with van der Waals surface area (Å²) in [5.74, 6) is 1.34. The molecule has 0 radical (unpaired) electrons. The zero-order valence-corrected chi connectivity index (χ0v) is 11.8. The summed E-state index contributed by atoms with van der Waals surface area (Å²) in [6, 6.07) is 0. The SMILES string of the molecule is C=C(C)[C@H]1CC[C@@H](C(=O)N2CCN(C)CC2)CC1. The summed E-state index contributed by atoms with van der Waals surface area (Å²) < 4.78 is 0. The van der Waals surface area contributed by atoms with E-state index in [1.54, 1.807) is 0 Å². The fourth-order valence-electron chi connectivity index (χ4n) is 3.12. The molecular weight excluding hydrogens is 224 g/mol. The molecule has 3 heteroatoms. The Bertz CT molecular complexity index is 310. The Kier molecular flexibility index (Phi) is 4.44.